The summed E-state index contributed by atoms with van der Waals surface area (Å²) in [4.78, 5) is 20.7. The summed E-state index contributed by atoms with van der Waals surface area (Å²) in [5.41, 5.74) is 3.97. The predicted octanol–water partition coefficient (Wildman–Crippen LogP) is 2.22. The van der Waals surface area contributed by atoms with Gasteiger partial charge in [-0.1, -0.05) is 0 Å². The van der Waals surface area contributed by atoms with Crippen LogP contribution < -0.4 is 9.80 Å². The number of aryl methyl sites for hydroxylation is 2. The van der Waals surface area contributed by atoms with Crippen LogP contribution in [0.15, 0.2) is 18.5 Å². The van der Waals surface area contributed by atoms with Crippen molar-refractivity contribution in [3.05, 3.63) is 35.3 Å². The number of carbonyl (C=O) groups is 1. The third-order valence-corrected chi connectivity index (χ3v) is 5.91. The van der Waals surface area contributed by atoms with Crippen LogP contribution in [0.2, 0.25) is 0 Å². The number of anilines is 2. The van der Waals surface area contributed by atoms with Crippen LogP contribution in [0.3, 0.4) is 0 Å². The molecule has 0 spiro atoms. The lowest BCUT2D eigenvalue weighted by Crippen LogP contribution is -2.48. The largest absolute Gasteiger partial charge is 0.351 e. The van der Waals surface area contributed by atoms with Gasteiger partial charge in [-0.05, 0) is 43.7 Å². The van der Waals surface area contributed by atoms with Gasteiger partial charge in [-0.3, -0.25) is 9.48 Å². The van der Waals surface area contributed by atoms with Crippen molar-refractivity contribution in [2.24, 2.45) is 0 Å². The van der Waals surface area contributed by atoms with Crippen molar-refractivity contribution in [2.75, 3.05) is 29.4 Å². The third-order valence-electron chi connectivity index (χ3n) is 5.91. The Morgan fingerprint density at radius 2 is 2.00 bits per heavy atom. The lowest BCUT2D eigenvalue weighted by Gasteiger charge is -2.40. The number of hydrogen-bond donors (Lipinski definition) is 0. The maximum atomic E-state index is 11.9. The Labute approximate surface area is 158 Å². The van der Waals surface area contributed by atoms with Gasteiger partial charge in [0.25, 0.3) is 0 Å². The molecule has 0 unspecified atom stereocenters. The van der Waals surface area contributed by atoms with Crippen molar-refractivity contribution in [3.63, 3.8) is 0 Å². The van der Waals surface area contributed by atoms with Crippen LogP contribution >= 0.6 is 0 Å². The molecular formula is C20H22N6O. The minimum atomic E-state index is 0.182. The van der Waals surface area contributed by atoms with Gasteiger partial charge in [-0.25, -0.2) is 4.98 Å². The number of amides is 1. The first-order valence-corrected chi connectivity index (χ1v) is 9.75. The van der Waals surface area contributed by atoms with Crippen molar-refractivity contribution < 1.29 is 4.79 Å². The predicted molar refractivity (Wildman–Crippen MR) is 101 cm³/mol. The first-order chi connectivity index (χ1) is 13.2. The maximum absolute atomic E-state index is 11.9. The van der Waals surface area contributed by atoms with Crippen LogP contribution in [0.5, 0.6) is 0 Å². The lowest BCUT2D eigenvalue weighted by molar-refractivity contribution is -0.117. The van der Waals surface area contributed by atoms with Crippen molar-refractivity contribution in [1.82, 2.24) is 14.8 Å². The van der Waals surface area contributed by atoms with E-state index >= 15 is 0 Å². The third kappa shape index (κ3) is 2.76. The van der Waals surface area contributed by atoms with E-state index in [1.165, 1.54) is 18.4 Å². The van der Waals surface area contributed by atoms with E-state index in [0.29, 0.717) is 12.0 Å². The van der Waals surface area contributed by atoms with Crippen LogP contribution in [0, 0.1) is 11.3 Å². The molecule has 2 aromatic rings. The second-order valence-corrected chi connectivity index (χ2v) is 7.67. The molecule has 7 nitrogen and oxygen atoms in total. The molecule has 2 aromatic heterocycles. The van der Waals surface area contributed by atoms with Crippen molar-refractivity contribution in [1.29, 1.82) is 5.26 Å². The van der Waals surface area contributed by atoms with Gasteiger partial charge in [0.05, 0.1) is 23.5 Å². The van der Waals surface area contributed by atoms with Crippen molar-refractivity contribution in [2.45, 2.75) is 44.6 Å². The maximum Gasteiger partial charge on any atom is 0.227 e. The highest BCUT2D eigenvalue weighted by Gasteiger charge is 2.33. The Kier molecular flexibility index (Phi) is 3.85. The van der Waals surface area contributed by atoms with E-state index < -0.39 is 0 Å². The molecule has 4 heterocycles. The summed E-state index contributed by atoms with van der Waals surface area (Å²) in [6.07, 6.45) is 9.71. The van der Waals surface area contributed by atoms with E-state index in [1.807, 2.05) is 21.8 Å². The van der Waals surface area contributed by atoms with E-state index in [1.54, 1.807) is 6.20 Å². The summed E-state index contributed by atoms with van der Waals surface area (Å²) in [6.45, 7) is 2.36. The van der Waals surface area contributed by atoms with E-state index in [4.69, 9.17) is 4.98 Å². The normalized spacial score (nSPS) is 19.7. The molecule has 2 aliphatic heterocycles. The average Bonchev–Trinajstić information content (AvgIpc) is 3.28. The summed E-state index contributed by atoms with van der Waals surface area (Å²) in [5, 5.41) is 14.0. The van der Waals surface area contributed by atoms with Gasteiger partial charge in [-0.15, -0.1) is 0 Å². The minimum absolute atomic E-state index is 0.182. The molecule has 0 aromatic carbocycles. The van der Waals surface area contributed by atoms with Crippen molar-refractivity contribution >= 4 is 17.4 Å². The standard InChI is InChI=1S/C20H22N6O/c21-9-15-8-14-4-1-2-5-18(14)23-20(15)24-11-17(12-24)26-13-16(10-22-26)25-7-3-6-19(25)27/h8,10,13,17H,1-7,11-12H2. The Hall–Kier alpha value is -2.88. The average molecular weight is 362 g/mol. The SMILES string of the molecule is N#Cc1cc2c(nc1N1CC(n3cc(N4CCCC4=O)cn3)C1)CCCC2. The fraction of sp³-hybridized carbons (Fsp3) is 0.500. The molecule has 27 heavy (non-hydrogen) atoms. The van der Waals surface area contributed by atoms with E-state index in [9.17, 15) is 10.1 Å². The number of aromatic nitrogens is 3. The number of nitrogens with zero attached hydrogens (tertiary/aromatic N) is 6. The zero-order chi connectivity index (χ0) is 18.4. The molecule has 0 bridgehead atoms. The van der Waals surface area contributed by atoms with E-state index in [2.05, 4.69) is 16.1 Å². The summed E-state index contributed by atoms with van der Waals surface area (Å²) in [6, 6.07) is 4.61. The Bertz CT molecular complexity index is 936. The van der Waals surface area contributed by atoms with Crippen LogP contribution in [-0.4, -0.2) is 40.3 Å². The van der Waals surface area contributed by atoms with Gasteiger partial charge in [0.2, 0.25) is 5.91 Å². The molecule has 2 saturated heterocycles. The second kappa shape index (κ2) is 6.38. The Morgan fingerprint density at radius 3 is 2.78 bits per heavy atom. The number of rotatable bonds is 3. The van der Waals surface area contributed by atoms with Crippen LogP contribution in [0.4, 0.5) is 11.5 Å². The zero-order valence-electron chi connectivity index (χ0n) is 15.3. The molecule has 2 fully saturated rings. The molecular weight excluding hydrogens is 340 g/mol. The molecule has 1 aliphatic carbocycles. The monoisotopic (exact) mass is 362 g/mol. The number of hydrogen-bond acceptors (Lipinski definition) is 5. The van der Waals surface area contributed by atoms with Gasteiger partial charge < -0.3 is 9.80 Å². The molecule has 1 amide bonds. The van der Waals surface area contributed by atoms with Crippen LogP contribution in [0.1, 0.15) is 48.5 Å². The summed E-state index contributed by atoms with van der Waals surface area (Å²) in [5.74, 6) is 0.998. The Morgan fingerprint density at radius 1 is 1.15 bits per heavy atom. The fourth-order valence-corrected chi connectivity index (χ4v) is 4.33. The van der Waals surface area contributed by atoms with Crippen LogP contribution in [0.25, 0.3) is 0 Å². The molecule has 0 radical (unpaired) electrons. The number of fused-ring (bicyclic) bond motifs is 1. The number of carbonyl (C=O) groups excluding carboxylic acids is 1. The zero-order valence-corrected chi connectivity index (χ0v) is 15.3. The molecule has 0 atom stereocenters. The molecule has 7 heteroatoms. The second-order valence-electron chi connectivity index (χ2n) is 7.67. The first-order valence-electron chi connectivity index (χ1n) is 9.75. The molecule has 0 N–H and O–H groups in total. The molecule has 0 saturated carbocycles. The summed E-state index contributed by atoms with van der Waals surface area (Å²) < 4.78 is 1.95. The fourth-order valence-electron chi connectivity index (χ4n) is 4.33. The van der Waals surface area contributed by atoms with Gasteiger partial charge >= 0.3 is 0 Å². The van der Waals surface area contributed by atoms with E-state index in [0.717, 1.165) is 56.1 Å². The topological polar surface area (TPSA) is 78.0 Å². The molecule has 138 valence electrons. The highest BCUT2D eigenvalue weighted by atomic mass is 16.2. The highest BCUT2D eigenvalue weighted by Crippen LogP contribution is 2.32. The minimum Gasteiger partial charge on any atom is -0.351 e. The summed E-state index contributed by atoms with van der Waals surface area (Å²) in [7, 11) is 0. The smallest absolute Gasteiger partial charge is 0.227 e. The van der Waals surface area contributed by atoms with Crippen molar-refractivity contribution in [3.8, 4) is 6.07 Å². The van der Waals surface area contributed by atoms with Gasteiger partial charge in [0.1, 0.15) is 11.9 Å². The number of pyridine rings is 1. The van der Waals surface area contributed by atoms with Gasteiger partial charge in [0.15, 0.2) is 0 Å². The highest BCUT2D eigenvalue weighted by molar-refractivity contribution is 5.95. The lowest BCUT2D eigenvalue weighted by atomic mass is 9.94. The molecule has 3 aliphatic rings. The first kappa shape index (κ1) is 16.3. The number of nitriles is 1. The summed E-state index contributed by atoms with van der Waals surface area (Å²) >= 11 is 0. The Balaban J connectivity index is 1.32. The quantitative estimate of drug-likeness (QED) is 0.837. The van der Waals surface area contributed by atoms with E-state index in [-0.39, 0.29) is 11.9 Å². The molecule has 5 rings (SSSR count). The van der Waals surface area contributed by atoms with Gasteiger partial charge in [0, 0.05) is 37.9 Å². The van der Waals surface area contributed by atoms with Crippen LogP contribution in [-0.2, 0) is 17.6 Å². The van der Waals surface area contributed by atoms with Gasteiger partial charge in [-0.2, -0.15) is 10.4 Å².